The number of halogens is 1. The number of carbonyl (C=O) groups is 2. The summed E-state index contributed by atoms with van der Waals surface area (Å²) in [6, 6.07) is 14.5. The first-order valence-corrected chi connectivity index (χ1v) is 11.3. The Hall–Kier alpha value is -2.55. The number of thioether (sulfide) groups is 1. The van der Waals surface area contributed by atoms with Crippen molar-refractivity contribution in [3.63, 3.8) is 0 Å². The summed E-state index contributed by atoms with van der Waals surface area (Å²) in [6.07, 6.45) is 0.180. The summed E-state index contributed by atoms with van der Waals surface area (Å²) < 4.78 is 5.84. The lowest BCUT2D eigenvalue weighted by Gasteiger charge is -2.06. The molecule has 0 saturated heterocycles. The highest BCUT2D eigenvalue weighted by Gasteiger charge is 2.11. The Morgan fingerprint density at radius 2 is 1.90 bits per heavy atom. The van der Waals surface area contributed by atoms with Gasteiger partial charge < -0.3 is 15.4 Å². The van der Waals surface area contributed by atoms with Crippen LogP contribution in [0.2, 0.25) is 5.02 Å². The lowest BCUT2D eigenvalue weighted by molar-refractivity contribution is -0.120. The maximum atomic E-state index is 12.2. The van der Waals surface area contributed by atoms with Gasteiger partial charge in [0.15, 0.2) is 4.34 Å². The van der Waals surface area contributed by atoms with Crippen molar-refractivity contribution in [2.75, 3.05) is 18.2 Å². The van der Waals surface area contributed by atoms with Gasteiger partial charge >= 0.3 is 0 Å². The number of hydrogen-bond donors (Lipinski definition) is 2. The Bertz CT molecular complexity index is 1010. The van der Waals surface area contributed by atoms with Crippen molar-refractivity contribution in [2.45, 2.75) is 17.3 Å². The van der Waals surface area contributed by atoms with Crippen molar-refractivity contribution in [3.05, 3.63) is 70.2 Å². The molecule has 0 fully saturated rings. The molecule has 1 heterocycles. The molecule has 0 aliphatic rings. The van der Waals surface area contributed by atoms with E-state index in [-0.39, 0.29) is 24.0 Å². The zero-order valence-corrected chi connectivity index (χ0v) is 18.6. The Labute approximate surface area is 188 Å². The fourth-order valence-electron chi connectivity index (χ4n) is 2.50. The van der Waals surface area contributed by atoms with Crippen LogP contribution < -0.4 is 15.4 Å². The van der Waals surface area contributed by atoms with Crippen molar-refractivity contribution in [3.8, 4) is 5.75 Å². The maximum absolute atomic E-state index is 12.2. The standard InChI is InChI=1S/C21H20ClN3O3S2/c1-28-17-8-6-15(7-9-17)24-20(27)13-30-21-25-16(12-29-21)10-19(26)23-11-14-4-2-3-5-18(14)22/h2-9,12H,10-11,13H2,1H3,(H,23,26)(H,24,27). The van der Waals surface area contributed by atoms with Gasteiger partial charge in [-0.05, 0) is 35.9 Å². The number of hydrogen-bond acceptors (Lipinski definition) is 6. The van der Waals surface area contributed by atoms with E-state index in [1.807, 2.05) is 23.6 Å². The molecule has 2 aromatic carbocycles. The monoisotopic (exact) mass is 461 g/mol. The van der Waals surface area contributed by atoms with Crippen LogP contribution >= 0.6 is 34.7 Å². The average molecular weight is 462 g/mol. The van der Waals surface area contributed by atoms with E-state index in [0.29, 0.717) is 22.9 Å². The van der Waals surface area contributed by atoms with Gasteiger partial charge in [-0.25, -0.2) is 4.98 Å². The number of ether oxygens (including phenoxy) is 1. The average Bonchev–Trinajstić information content (AvgIpc) is 3.19. The highest BCUT2D eigenvalue weighted by molar-refractivity contribution is 8.01. The van der Waals surface area contributed by atoms with Gasteiger partial charge in [0.05, 0.1) is 25.0 Å². The van der Waals surface area contributed by atoms with Crippen LogP contribution in [0.15, 0.2) is 58.3 Å². The van der Waals surface area contributed by atoms with E-state index in [4.69, 9.17) is 16.3 Å². The zero-order valence-electron chi connectivity index (χ0n) is 16.2. The molecule has 0 aliphatic carbocycles. The molecule has 6 nitrogen and oxygen atoms in total. The first-order chi connectivity index (χ1) is 14.5. The van der Waals surface area contributed by atoms with Crippen molar-refractivity contribution < 1.29 is 14.3 Å². The largest absolute Gasteiger partial charge is 0.497 e. The second-order valence-corrected chi connectivity index (χ2v) is 8.70. The number of nitrogens with one attached hydrogen (secondary N) is 2. The molecule has 2 amide bonds. The van der Waals surface area contributed by atoms with Crippen LogP contribution in [-0.4, -0.2) is 29.7 Å². The van der Waals surface area contributed by atoms with Gasteiger partial charge in [0, 0.05) is 22.6 Å². The zero-order chi connectivity index (χ0) is 21.3. The normalized spacial score (nSPS) is 10.5. The minimum absolute atomic E-state index is 0.126. The summed E-state index contributed by atoms with van der Waals surface area (Å²) in [5.74, 6) is 0.708. The number of anilines is 1. The van der Waals surface area contributed by atoms with Crippen LogP contribution in [0.25, 0.3) is 0 Å². The molecule has 2 N–H and O–H groups in total. The van der Waals surface area contributed by atoms with Gasteiger partial charge in [-0.2, -0.15) is 0 Å². The number of thiazole rings is 1. The number of nitrogens with zero attached hydrogens (tertiary/aromatic N) is 1. The summed E-state index contributed by atoms with van der Waals surface area (Å²) in [4.78, 5) is 28.7. The summed E-state index contributed by atoms with van der Waals surface area (Å²) in [5.41, 5.74) is 2.25. The molecular formula is C21H20ClN3O3S2. The van der Waals surface area contributed by atoms with Gasteiger partial charge in [-0.15, -0.1) is 11.3 Å². The fraction of sp³-hybridized carbons (Fsp3) is 0.190. The van der Waals surface area contributed by atoms with Crippen molar-refractivity contribution in [1.29, 1.82) is 0 Å². The van der Waals surface area contributed by atoms with Gasteiger partial charge in [0.25, 0.3) is 0 Å². The van der Waals surface area contributed by atoms with Crippen molar-refractivity contribution in [1.82, 2.24) is 10.3 Å². The number of amides is 2. The Morgan fingerprint density at radius 1 is 1.13 bits per heavy atom. The first kappa shape index (κ1) is 22.1. The quantitative estimate of drug-likeness (QED) is 0.462. The third-order valence-corrected chi connectivity index (χ3v) is 6.45. The van der Waals surface area contributed by atoms with Crippen LogP contribution in [0.1, 0.15) is 11.3 Å². The Morgan fingerprint density at radius 3 is 2.63 bits per heavy atom. The topological polar surface area (TPSA) is 80.3 Å². The smallest absolute Gasteiger partial charge is 0.234 e. The van der Waals surface area contributed by atoms with Gasteiger partial charge in [0.2, 0.25) is 11.8 Å². The molecule has 3 rings (SSSR count). The van der Waals surface area contributed by atoms with E-state index in [1.54, 1.807) is 37.4 Å². The number of benzene rings is 2. The Kier molecular flexibility index (Phi) is 8.12. The van der Waals surface area contributed by atoms with E-state index in [9.17, 15) is 9.59 Å². The van der Waals surface area contributed by atoms with Crippen LogP contribution in [-0.2, 0) is 22.6 Å². The number of carbonyl (C=O) groups excluding carboxylic acids is 2. The Balaban J connectivity index is 1.42. The molecule has 9 heteroatoms. The third kappa shape index (κ3) is 6.76. The second kappa shape index (κ2) is 11.0. The van der Waals surface area contributed by atoms with Crippen LogP contribution in [0.3, 0.4) is 0 Å². The van der Waals surface area contributed by atoms with E-state index in [2.05, 4.69) is 15.6 Å². The molecule has 30 heavy (non-hydrogen) atoms. The fourth-order valence-corrected chi connectivity index (χ4v) is 4.34. The third-order valence-electron chi connectivity index (χ3n) is 4.01. The predicted molar refractivity (Wildman–Crippen MR) is 121 cm³/mol. The SMILES string of the molecule is COc1ccc(NC(=O)CSc2nc(CC(=O)NCc3ccccc3Cl)cs2)cc1. The molecule has 156 valence electrons. The second-order valence-electron chi connectivity index (χ2n) is 6.22. The molecular weight excluding hydrogens is 442 g/mol. The first-order valence-electron chi connectivity index (χ1n) is 9.04. The maximum Gasteiger partial charge on any atom is 0.234 e. The lowest BCUT2D eigenvalue weighted by atomic mass is 10.2. The molecule has 0 atom stereocenters. The molecule has 0 bridgehead atoms. The molecule has 0 saturated carbocycles. The van der Waals surface area contributed by atoms with E-state index < -0.39 is 0 Å². The van der Waals surface area contributed by atoms with E-state index in [1.165, 1.54) is 23.1 Å². The van der Waals surface area contributed by atoms with Crippen LogP contribution in [0.4, 0.5) is 5.69 Å². The molecule has 0 radical (unpaired) electrons. The summed E-state index contributed by atoms with van der Waals surface area (Å²) in [7, 11) is 1.59. The summed E-state index contributed by atoms with van der Waals surface area (Å²) >= 11 is 8.85. The van der Waals surface area contributed by atoms with Crippen LogP contribution in [0, 0.1) is 0 Å². The van der Waals surface area contributed by atoms with Crippen molar-refractivity contribution >= 4 is 52.2 Å². The highest BCUT2D eigenvalue weighted by Crippen LogP contribution is 2.23. The predicted octanol–water partition coefficient (Wildman–Crippen LogP) is 4.39. The lowest BCUT2D eigenvalue weighted by Crippen LogP contribution is -2.24. The molecule has 3 aromatic rings. The summed E-state index contributed by atoms with van der Waals surface area (Å²) in [6.45, 7) is 0.371. The number of aromatic nitrogens is 1. The van der Waals surface area contributed by atoms with Gasteiger partial charge in [-0.1, -0.05) is 41.6 Å². The molecule has 0 unspecified atom stereocenters. The molecule has 0 spiro atoms. The van der Waals surface area contributed by atoms with Gasteiger partial charge in [-0.3, -0.25) is 9.59 Å². The molecule has 0 aliphatic heterocycles. The minimum atomic E-state index is -0.131. The van der Waals surface area contributed by atoms with Gasteiger partial charge in [0.1, 0.15) is 5.75 Å². The van der Waals surface area contributed by atoms with Crippen molar-refractivity contribution in [2.24, 2.45) is 0 Å². The minimum Gasteiger partial charge on any atom is -0.497 e. The number of methoxy groups -OCH3 is 1. The van der Waals surface area contributed by atoms with E-state index >= 15 is 0 Å². The molecule has 1 aromatic heterocycles. The summed E-state index contributed by atoms with van der Waals surface area (Å²) in [5, 5.41) is 8.13. The number of rotatable bonds is 9. The van der Waals surface area contributed by atoms with Crippen LogP contribution in [0.5, 0.6) is 5.75 Å². The highest BCUT2D eigenvalue weighted by atomic mass is 35.5. The van der Waals surface area contributed by atoms with E-state index in [0.717, 1.165) is 15.7 Å².